The van der Waals surface area contributed by atoms with Crippen LogP contribution in [0.1, 0.15) is 39.5 Å². The number of carbonyl (C=O) groups is 1. The fourth-order valence-corrected chi connectivity index (χ4v) is 1.77. The molecule has 2 amide bonds. The Labute approximate surface area is 79.2 Å². The van der Waals surface area contributed by atoms with Crippen LogP contribution in [0.25, 0.3) is 0 Å². The molecule has 0 saturated heterocycles. The largest absolute Gasteiger partial charge is 0.334 e. The summed E-state index contributed by atoms with van der Waals surface area (Å²) in [5.41, 5.74) is 2.52. The molecule has 0 aliphatic heterocycles. The summed E-state index contributed by atoms with van der Waals surface area (Å²) in [7, 11) is 0. The van der Waals surface area contributed by atoms with Crippen LogP contribution in [-0.4, -0.2) is 12.1 Å². The topological polar surface area (TPSA) is 67.2 Å². The maximum Gasteiger partial charge on any atom is 0.329 e. The molecule has 0 unspecified atom stereocenters. The molecule has 0 atom stereocenters. The SMILES string of the molecule is CC1(C)CCC(NC(=O)NN)CC1. The molecule has 76 valence electrons. The van der Waals surface area contributed by atoms with Crippen LogP contribution in [0.4, 0.5) is 4.79 Å². The lowest BCUT2D eigenvalue weighted by Crippen LogP contribution is -2.46. The van der Waals surface area contributed by atoms with E-state index >= 15 is 0 Å². The Morgan fingerprint density at radius 2 is 1.92 bits per heavy atom. The molecule has 0 bridgehead atoms. The smallest absolute Gasteiger partial charge is 0.329 e. The Kier molecular flexibility index (Phi) is 3.14. The number of hydrazine groups is 1. The molecular formula is C9H19N3O. The van der Waals surface area contributed by atoms with Gasteiger partial charge in [0, 0.05) is 6.04 Å². The second kappa shape index (κ2) is 3.96. The minimum absolute atomic E-state index is 0.273. The average Bonchev–Trinajstić information content (AvgIpc) is 2.08. The number of rotatable bonds is 1. The highest BCUT2D eigenvalue weighted by Gasteiger charge is 2.27. The van der Waals surface area contributed by atoms with Crippen molar-refractivity contribution < 1.29 is 4.79 Å². The van der Waals surface area contributed by atoms with Gasteiger partial charge in [0.05, 0.1) is 0 Å². The highest BCUT2D eigenvalue weighted by molar-refractivity contribution is 5.73. The average molecular weight is 185 g/mol. The van der Waals surface area contributed by atoms with Gasteiger partial charge in [-0.2, -0.15) is 0 Å². The van der Waals surface area contributed by atoms with Crippen molar-refractivity contribution in [2.24, 2.45) is 11.3 Å². The van der Waals surface area contributed by atoms with E-state index in [1.54, 1.807) is 0 Å². The number of amides is 2. The highest BCUT2D eigenvalue weighted by Crippen LogP contribution is 2.34. The Morgan fingerprint density at radius 3 is 2.38 bits per heavy atom. The number of urea groups is 1. The molecule has 0 heterocycles. The Bertz CT molecular complexity index is 181. The molecule has 4 heteroatoms. The molecule has 1 aliphatic carbocycles. The maximum atomic E-state index is 10.9. The number of hydrogen-bond donors (Lipinski definition) is 3. The molecule has 1 fully saturated rings. The van der Waals surface area contributed by atoms with Crippen LogP contribution in [-0.2, 0) is 0 Å². The lowest BCUT2D eigenvalue weighted by atomic mass is 9.76. The van der Waals surface area contributed by atoms with Gasteiger partial charge in [-0.25, -0.2) is 10.6 Å². The van der Waals surface area contributed by atoms with Gasteiger partial charge >= 0.3 is 6.03 Å². The molecule has 4 nitrogen and oxygen atoms in total. The molecule has 13 heavy (non-hydrogen) atoms. The van der Waals surface area contributed by atoms with E-state index in [-0.39, 0.29) is 6.03 Å². The van der Waals surface area contributed by atoms with E-state index in [1.807, 2.05) is 0 Å². The van der Waals surface area contributed by atoms with Gasteiger partial charge in [-0.05, 0) is 31.1 Å². The summed E-state index contributed by atoms with van der Waals surface area (Å²) in [6, 6.07) is 0.0290. The lowest BCUT2D eigenvalue weighted by molar-refractivity contribution is 0.198. The fourth-order valence-electron chi connectivity index (χ4n) is 1.77. The van der Waals surface area contributed by atoms with E-state index < -0.39 is 0 Å². The normalized spacial score (nSPS) is 22.4. The standard InChI is InChI=1S/C9H19N3O/c1-9(2)5-3-7(4-6-9)11-8(13)12-10/h7H,3-6,10H2,1-2H3,(H2,11,12,13). The first-order valence-electron chi connectivity index (χ1n) is 4.81. The molecule has 4 N–H and O–H groups in total. The zero-order valence-corrected chi connectivity index (χ0v) is 8.39. The monoisotopic (exact) mass is 185 g/mol. The van der Waals surface area contributed by atoms with Gasteiger partial charge < -0.3 is 5.32 Å². The lowest BCUT2D eigenvalue weighted by Gasteiger charge is -2.34. The molecule has 1 aliphatic rings. The second-order valence-electron chi connectivity index (χ2n) is 4.56. The van der Waals surface area contributed by atoms with Crippen molar-refractivity contribution in [3.8, 4) is 0 Å². The Hall–Kier alpha value is -0.770. The first-order chi connectivity index (χ1) is 6.03. The van der Waals surface area contributed by atoms with Crippen LogP contribution in [0.3, 0.4) is 0 Å². The highest BCUT2D eigenvalue weighted by atomic mass is 16.2. The van der Waals surface area contributed by atoms with Gasteiger partial charge in [-0.1, -0.05) is 13.8 Å². The zero-order valence-electron chi connectivity index (χ0n) is 8.39. The molecule has 1 saturated carbocycles. The number of hydrogen-bond acceptors (Lipinski definition) is 2. The summed E-state index contributed by atoms with van der Waals surface area (Å²) in [6.45, 7) is 4.54. The van der Waals surface area contributed by atoms with Crippen LogP contribution in [0.5, 0.6) is 0 Å². The first kappa shape index (κ1) is 10.3. The van der Waals surface area contributed by atoms with Gasteiger partial charge in [0.25, 0.3) is 0 Å². The third kappa shape index (κ3) is 3.22. The first-order valence-corrected chi connectivity index (χ1v) is 4.81. The van der Waals surface area contributed by atoms with Crippen molar-refractivity contribution in [2.45, 2.75) is 45.6 Å². The van der Waals surface area contributed by atoms with E-state index in [0.717, 1.165) is 12.8 Å². The zero-order chi connectivity index (χ0) is 9.90. The quantitative estimate of drug-likeness (QED) is 0.325. The summed E-state index contributed by atoms with van der Waals surface area (Å²) < 4.78 is 0. The molecular weight excluding hydrogens is 166 g/mol. The summed E-state index contributed by atoms with van der Waals surface area (Å²) in [6.07, 6.45) is 4.45. The summed E-state index contributed by atoms with van der Waals surface area (Å²) >= 11 is 0. The molecule has 0 spiro atoms. The van der Waals surface area contributed by atoms with Gasteiger partial charge in [0.15, 0.2) is 0 Å². The van der Waals surface area contributed by atoms with Gasteiger partial charge in [0.2, 0.25) is 0 Å². The van der Waals surface area contributed by atoms with E-state index in [9.17, 15) is 4.79 Å². The number of nitrogens with one attached hydrogen (secondary N) is 2. The van der Waals surface area contributed by atoms with Crippen molar-refractivity contribution >= 4 is 6.03 Å². The molecule has 0 aromatic rings. The molecule has 1 rings (SSSR count). The molecule has 0 radical (unpaired) electrons. The Balaban J connectivity index is 2.29. The van der Waals surface area contributed by atoms with Crippen molar-refractivity contribution in [2.75, 3.05) is 0 Å². The van der Waals surface area contributed by atoms with Crippen LogP contribution in [0.2, 0.25) is 0 Å². The Morgan fingerprint density at radius 1 is 1.38 bits per heavy atom. The maximum absolute atomic E-state index is 10.9. The van der Waals surface area contributed by atoms with E-state index in [0.29, 0.717) is 11.5 Å². The summed E-state index contributed by atoms with van der Waals surface area (Å²) in [4.78, 5) is 10.9. The minimum Gasteiger partial charge on any atom is -0.334 e. The van der Waals surface area contributed by atoms with E-state index in [2.05, 4.69) is 24.6 Å². The van der Waals surface area contributed by atoms with Crippen LogP contribution >= 0.6 is 0 Å². The third-order valence-electron chi connectivity index (χ3n) is 2.81. The van der Waals surface area contributed by atoms with Crippen LogP contribution < -0.4 is 16.6 Å². The molecule has 0 aromatic heterocycles. The second-order valence-corrected chi connectivity index (χ2v) is 4.56. The number of nitrogens with two attached hydrogens (primary N) is 1. The van der Waals surface area contributed by atoms with Gasteiger partial charge in [-0.15, -0.1) is 0 Å². The van der Waals surface area contributed by atoms with Crippen molar-refractivity contribution in [3.05, 3.63) is 0 Å². The summed E-state index contributed by atoms with van der Waals surface area (Å²) in [5.74, 6) is 4.98. The summed E-state index contributed by atoms with van der Waals surface area (Å²) in [5, 5.41) is 2.83. The van der Waals surface area contributed by atoms with E-state index in [1.165, 1.54) is 12.8 Å². The predicted molar refractivity (Wildman–Crippen MR) is 51.9 cm³/mol. The van der Waals surface area contributed by atoms with Crippen LogP contribution in [0.15, 0.2) is 0 Å². The van der Waals surface area contributed by atoms with Crippen LogP contribution in [0, 0.1) is 5.41 Å². The minimum atomic E-state index is -0.273. The van der Waals surface area contributed by atoms with Crippen molar-refractivity contribution in [1.29, 1.82) is 0 Å². The fraction of sp³-hybridized carbons (Fsp3) is 0.889. The van der Waals surface area contributed by atoms with Gasteiger partial charge in [0.1, 0.15) is 0 Å². The predicted octanol–water partition coefficient (Wildman–Crippen LogP) is 1.13. The third-order valence-corrected chi connectivity index (χ3v) is 2.81. The number of carbonyl (C=O) groups excluding carboxylic acids is 1. The molecule has 0 aromatic carbocycles. The van der Waals surface area contributed by atoms with Gasteiger partial charge in [-0.3, -0.25) is 5.43 Å². The van der Waals surface area contributed by atoms with Crippen molar-refractivity contribution in [3.63, 3.8) is 0 Å². The van der Waals surface area contributed by atoms with Crippen molar-refractivity contribution in [1.82, 2.24) is 10.7 Å². The van der Waals surface area contributed by atoms with E-state index in [4.69, 9.17) is 5.84 Å².